The lowest BCUT2D eigenvalue weighted by Gasteiger charge is -2.19. The van der Waals surface area contributed by atoms with Gasteiger partial charge in [-0.3, -0.25) is 0 Å². The van der Waals surface area contributed by atoms with Gasteiger partial charge < -0.3 is 4.98 Å². The first-order valence-electron chi connectivity index (χ1n) is 13.2. The Labute approximate surface area is 215 Å². The number of nitrogens with one attached hydrogen (secondary N) is 1. The van der Waals surface area contributed by atoms with Crippen LogP contribution in [0.25, 0.3) is 48.6 Å². The number of aromatic amines is 1. The molecule has 0 saturated carbocycles. The third-order valence-electron chi connectivity index (χ3n) is 8.28. The lowest BCUT2D eigenvalue weighted by Crippen LogP contribution is -2.04. The second kappa shape index (κ2) is 7.94. The number of aryl methyl sites for hydroxylation is 3. The first-order chi connectivity index (χ1) is 17.8. The third-order valence-corrected chi connectivity index (χ3v) is 9.60. The fourth-order valence-electron chi connectivity index (χ4n) is 6.48. The maximum atomic E-state index is 3.57. The summed E-state index contributed by atoms with van der Waals surface area (Å²) < 4.78 is 1.42. The SMILES string of the molecule is C1=C(c2ccc3c(c2)CCCC3)c2sc3c(-c4ccc5[nH]c6ccccc6c5c4)cccc3c2CC1. The van der Waals surface area contributed by atoms with Gasteiger partial charge in [-0.05, 0) is 101 Å². The zero-order valence-electron chi connectivity index (χ0n) is 20.2. The van der Waals surface area contributed by atoms with Crippen molar-refractivity contribution in [2.24, 2.45) is 0 Å². The van der Waals surface area contributed by atoms with E-state index in [0.717, 1.165) is 12.8 Å². The van der Waals surface area contributed by atoms with Crippen molar-refractivity contribution in [3.05, 3.63) is 112 Å². The second-order valence-electron chi connectivity index (χ2n) is 10.4. The highest BCUT2D eigenvalue weighted by Crippen LogP contribution is 2.46. The largest absolute Gasteiger partial charge is 0.355 e. The molecule has 0 atom stereocenters. The Kier molecular flexibility index (Phi) is 4.54. The predicted molar refractivity (Wildman–Crippen MR) is 155 cm³/mol. The first-order valence-corrected chi connectivity index (χ1v) is 14.0. The normalized spacial score (nSPS) is 15.3. The van der Waals surface area contributed by atoms with E-state index in [2.05, 4.69) is 89.9 Å². The van der Waals surface area contributed by atoms with Gasteiger partial charge in [0.25, 0.3) is 0 Å². The van der Waals surface area contributed by atoms with Crippen LogP contribution in [0.15, 0.2) is 84.9 Å². The number of thiophene rings is 1. The molecule has 1 N–H and O–H groups in total. The molecule has 6 aromatic rings. The molecule has 0 bridgehead atoms. The highest BCUT2D eigenvalue weighted by atomic mass is 32.1. The zero-order valence-corrected chi connectivity index (χ0v) is 21.1. The van der Waals surface area contributed by atoms with E-state index in [9.17, 15) is 0 Å². The van der Waals surface area contributed by atoms with Crippen LogP contribution in [-0.4, -0.2) is 4.98 Å². The molecular formula is C34H27NS. The number of rotatable bonds is 2. The van der Waals surface area contributed by atoms with Crippen LogP contribution in [0.1, 0.15) is 46.4 Å². The van der Waals surface area contributed by atoms with Gasteiger partial charge in [0.15, 0.2) is 0 Å². The lowest BCUT2D eigenvalue weighted by molar-refractivity contribution is 0.685. The van der Waals surface area contributed by atoms with Gasteiger partial charge >= 0.3 is 0 Å². The number of hydrogen-bond donors (Lipinski definition) is 1. The van der Waals surface area contributed by atoms with E-state index in [4.69, 9.17) is 0 Å². The lowest BCUT2D eigenvalue weighted by atomic mass is 9.86. The first kappa shape index (κ1) is 20.6. The van der Waals surface area contributed by atoms with E-state index in [-0.39, 0.29) is 0 Å². The molecular weight excluding hydrogens is 454 g/mol. The molecule has 2 aliphatic carbocycles. The summed E-state index contributed by atoms with van der Waals surface area (Å²) in [6, 6.07) is 29.7. The maximum absolute atomic E-state index is 3.57. The van der Waals surface area contributed by atoms with Gasteiger partial charge in [-0.15, -0.1) is 11.3 Å². The number of benzene rings is 4. The molecule has 36 heavy (non-hydrogen) atoms. The van der Waals surface area contributed by atoms with Gasteiger partial charge in [-0.1, -0.05) is 66.7 Å². The summed E-state index contributed by atoms with van der Waals surface area (Å²) in [5, 5.41) is 4.04. The smallest absolute Gasteiger partial charge is 0.0465 e. The van der Waals surface area contributed by atoms with Crippen molar-refractivity contribution < 1.29 is 0 Å². The fourth-order valence-corrected chi connectivity index (χ4v) is 7.93. The number of aromatic nitrogens is 1. The summed E-state index contributed by atoms with van der Waals surface area (Å²) in [6.07, 6.45) is 9.88. The molecule has 2 aromatic heterocycles. The number of hydrogen-bond acceptors (Lipinski definition) is 1. The molecule has 0 spiro atoms. The molecule has 4 aromatic carbocycles. The van der Waals surface area contributed by atoms with Crippen molar-refractivity contribution in [1.29, 1.82) is 0 Å². The molecule has 0 aliphatic heterocycles. The van der Waals surface area contributed by atoms with E-state index < -0.39 is 0 Å². The molecule has 0 radical (unpaired) electrons. The molecule has 174 valence electrons. The summed E-state index contributed by atoms with van der Waals surface area (Å²) in [5.41, 5.74) is 12.6. The summed E-state index contributed by atoms with van der Waals surface area (Å²) in [6.45, 7) is 0. The third kappa shape index (κ3) is 3.07. The Morgan fingerprint density at radius 2 is 1.47 bits per heavy atom. The zero-order chi connectivity index (χ0) is 23.6. The average molecular weight is 482 g/mol. The molecule has 2 heterocycles. The van der Waals surface area contributed by atoms with E-state index in [0.29, 0.717) is 0 Å². The van der Waals surface area contributed by atoms with Crippen LogP contribution >= 0.6 is 11.3 Å². The minimum absolute atomic E-state index is 1.12. The van der Waals surface area contributed by atoms with Gasteiger partial charge in [-0.2, -0.15) is 0 Å². The van der Waals surface area contributed by atoms with Gasteiger partial charge in [0.2, 0.25) is 0 Å². The number of allylic oxidation sites excluding steroid dienone is 1. The molecule has 0 amide bonds. The highest BCUT2D eigenvalue weighted by molar-refractivity contribution is 7.21. The van der Waals surface area contributed by atoms with E-state index in [1.807, 2.05) is 11.3 Å². The Hall–Kier alpha value is -3.62. The Bertz CT molecular complexity index is 1840. The van der Waals surface area contributed by atoms with Crippen LogP contribution in [-0.2, 0) is 19.3 Å². The number of para-hydroxylation sites is 1. The highest BCUT2D eigenvalue weighted by Gasteiger charge is 2.22. The molecule has 0 fully saturated rings. The van der Waals surface area contributed by atoms with Crippen molar-refractivity contribution in [3.63, 3.8) is 0 Å². The Balaban J connectivity index is 1.29. The van der Waals surface area contributed by atoms with Crippen LogP contribution < -0.4 is 0 Å². The monoisotopic (exact) mass is 481 g/mol. The summed E-state index contributed by atoms with van der Waals surface area (Å²) in [5.74, 6) is 0. The molecule has 8 rings (SSSR count). The van der Waals surface area contributed by atoms with Gasteiger partial charge in [0, 0.05) is 31.4 Å². The molecule has 2 aliphatic rings. The van der Waals surface area contributed by atoms with Crippen LogP contribution in [0.5, 0.6) is 0 Å². The summed E-state index contributed by atoms with van der Waals surface area (Å²) in [7, 11) is 0. The molecule has 1 nitrogen and oxygen atoms in total. The van der Waals surface area contributed by atoms with Crippen LogP contribution in [0.2, 0.25) is 0 Å². The summed E-state index contributed by atoms with van der Waals surface area (Å²) in [4.78, 5) is 5.05. The maximum Gasteiger partial charge on any atom is 0.0465 e. The average Bonchev–Trinajstić information content (AvgIpc) is 3.51. The topological polar surface area (TPSA) is 15.8 Å². The Morgan fingerprint density at radius 1 is 0.639 bits per heavy atom. The summed E-state index contributed by atoms with van der Waals surface area (Å²) >= 11 is 2.00. The number of fused-ring (bicyclic) bond motifs is 7. The second-order valence-corrected chi connectivity index (χ2v) is 11.4. The van der Waals surface area contributed by atoms with E-state index in [1.165, 1.54) is 84.7 Å². The van der Waals surface area contributed by atoms with Crippen molar-refractivity contribution >= 4 is 48.8 Å². The van der Waals surface area contributed by atoms with Crippen LogP contribution in [0.4, 0.5) is 0 Å². The van der Waals surface area contributed by atoms with Gasteiger partial charge in [0.1, 0.15) is 0 Å². The van der Waals surface area contributed by atoms with Crippen molar-refractivity contribution in [1.82, 2.24) is 4.98 Å². The Morgan fingerprint density at radius 3 is 2.44 bits per heavy atom. The molecule has 0 unspecified atom stereocenters. The fraction of sp³-hybridized carbons (Fsp3) is 0.176. The van der Waals surface area contributed by atoms with E-state index in [1.54, 1.807) is 16.7 Å². The van der Waals surface area contributed by atoms with Crippen molar-refractivity contribution in [2.75, 3.05) is 0 Å². The number of H-pyrrole nitrogens is 1. The van der Waals surface area contributed by atoms with E-state index >= 15 is 0 Å². The van der Waals surface area contributed by atoms with Gasteiger partial charge in [0.05, 0.1) is 0 Å². The van der Waals surface area contributed by atoms with Gasteiger partial charge in [-0.25, -0.2) is 0 Å². The molecule has 0 saturated heterocycles. The standard InChI is InChI=1S/C34H27NS/c1-2-8-22-19-23(16-15-21(22)7-1)25-10-5-12-28-29-13-6-11-26(34(29)36-33(25)28)24-17-18-32-30(20-24)27-9-3-4-14-31(27)35-32/h3-4,6,9-11,13-20,35H,1-2,5,7-8,12H2. The molecule has 2 heteroatoms. The van der Waals surface area contributed by atoms with Crippen molar-refractivity contribution in [3.8, 4) is 11.1 Å². The van der Waals surface area contributed by atoms with Crippen LogP contribution in [0, 0.1) is 0 Å². The van der Waals surface area contributed by atoms with Crippen LogP contribution in [0.3, 0.4) is 0 Å². The minimum Gasteiger partial charge on any atom is -0.355 e. The predicted octanol–water partition coefficient (Wildman–Crippen LogP) is 9.46. The quantitative estimate of drug-likeness (QED) is 0.253. The minimum atomic E-state index is 1.12. The van der Waals surface area contributed by atoms with Crippen molar-refractivity contribution in [2.45, 2.75) is 38.5 Å².